The lowest BCUT2D eigenvalue weighted by molar-refractivity contribution is -0.147. The van der Waals surface area contributed by atoms with E-state index in [1.807, 2.05) is 24.6 Å². The van der Waals surface area contributed by atoms with Crippen LogP contribution < -0.4 is 0 Å². The maximum absolute atomic E-state index is 11.1. The predicted molar refractivity (Wildman–Crippen MR) is 48.1 cm³/mol. The lowest BCUT2D eigenvalue weighted by atomic mass is 10.4. The third kappa shape index (κ3) is 3.73. The summed E-state index contributed by atoms with van der Waals surface area (Å²) in [5.74, 6) is -0.163. The first-order chi connectivity index (χ1) is 6.18. The summed E-state index contributed by atoms with van der Waals surface area (Å²) in [5, 5.41) is 0. The van der Waals surface area contributed by atoms with Crippen LogP contribution in [0.4, 0.5) is 0 Å². The van der Waals surface area contributed by atoms with Crippen LogP contribution in [0.2, 0.25) is 0 Å². The Labute approximate surface area is 77.5 Å². The van der Waals surface area contributed by atoms with Gasteiger partial charge in [0.25, 0.3) is 0 Å². The summed E-state index contributed by atoms with van der Waals surface area (Å²) < 4.78 is 6.82. The molecule has 0 N–H and O–H groups in total. The summed E-state index contributed by atoms with van der Waals surface area (Å²) in [7, 11) is 0. The van der Waals surface area contributed by atoms with Crippen molar-refractivity contribution in [2.45, 2.75) is 32.9 Å². The molecule has 1 rings (SSSR count). The van der Waals surface area contributed by atoms with Crippen LogP contribution in [0.1, 0.15) is 20.3 Å². The van der Waals surface area contributed by atoms with Gasteiger partial charge in [0, 0.05) is 18.9 Å². The van der Waals surface area contributed by atoms with E-state index < -0.39 is 0 Å². The lowest BCUT2D eigenvalue weighted by Gasteiger charge is -2.07. The number of carbonyl (C=O) groups excluding carboxylic acids is 1. The molecular formula is C9H14N2O2. The molecule has 72 valence electrons. The van der Waals surface area contributed by atoms with E-state index in [9.17, 15) is 4.79 Å². The van der Waals surface area contributed by atoms with Crippen LogP contribution >= 0.6 is 0 Å². The molecule has 1 aromatic heterocycles. The molecule has 1 aromatic rings. The Morgan fingerprint density at radius 2 is 2.38 bits per heavy atom. The molecule has 0 bridgehead atoms. The molecule has 0 fully saturated rings. The fourth-order valence-electron chi connectivity index (χ4n) is 0.961. The summed E-state index contributed by atoms with van der Waals surface area (Å²) in [4.78, 5) is 15.0. The van der Waals surface area contributed by atoms with E-state index >= 15 is 0 Å². The molecule has 0 aliphatic rings. The molecule has 4 heteroatoms. The highest BCUT2D eigenvalue weighted by molar-refractivity contribution is 5.69. The van der Waals surface area contributed by atoms with Gasteiger partial charge < -0.3 is 9.30 Å². The average Bonchev–Trinajstić information content (AvgIpc) is 2.51. The van der Waals surface area contributed by atoms with Crippen LogP contribution in [0.5, 0.6) is 0 Å². The van der Waals surface area contributed by atoms with Crippen LogP contribution in [0.15, 0.2) is 18.7 Å². The van der Waals surface area contributed by atoms with Crippen LogP contribution in [0.3, 0.4) is 0 Å². The van der Waals surface area contributed by atoms with Gasteiger partial charge in [-0.3, -0.25) is 4.79 Å². The van der Waals surface area contributed by atoms with E-state index in [1.54, 1.807) is 12.5 Å². The number of hydrogen-bond donors (Lipinski definition) is 0. The Morgan fingerprint density at radius 3 is 2.92 bits per heavy atom. The minimum Gasteiger partial charge on any atom is -0.463 e. The highest BCUT2D eigenvalue weighted by atomic mass is 16.5. The van der Waals surface area contributed by atoms with E-state index in [0.717, 1.165) is 0 Å². The number of aromatic nitrogens is 2. The maximum atomic E-state index is 11.1. The summed E-state index contributed by atoms with van der Waals surface area (Å²) in [5.41, 5.74) is 0. The minimum absolute atomic E-state index is 0.0321. The van der Waals surface area contributed by atoms with Gasteiger partial charge in [0.05, 0.1) is 18.9 Å². The van der Waals surface area contributed by atoms with Crippen LogP contribution in [0, 0.1) is 0 Å². The van der Waals surface area contributed by atoms with E-state index in [4.69, 9.17) is 4.74 Å². The molecule has 0 atom stereocenters. The normalized spacial score (nSPS) is 10.4. The fourth-order valence-corrected chi connectivity index (χ4v) is 0.961. The van der Waals surface area contributed by atoms with Crippen molar-refractivity contribution in [3.05, 3.63) is 18.7 Å². The maximum Gasteiger partial charge on any atom is 0.307 e. The SMILES string of the molecule is CC(C)OC(=O)CCn1ccnc1. The monoisotopic (exact) mass is 182 g/mol. The van der Waals surface area contributed by atoms with E-state index in [1.165, 1.54) is 0 Å². The molecule has 1 heterocycles. The Kier molecular flexibility index (Phi) is 3.49. The quantitative estimate of drug-likeness (QED) is 0.658. The highest BCUT2D eigenvalue weighted by Crippen LogP contribution is 1.96. The summed E-state index contributed by atoms with van der Waals surface area (Å²) >= 11 is 0. The molecule has 0 radical (unpaired) electrons. The van der Waals surface area contributed by atoms with Gasteiger partial charge in [0.1, 0.15) is 0 Å². The number of ether oxygens (including phenoxy) is 1. The highest BCUT2D eigenvalue weighted by Gasteiger charge is 2.04. The zero-order chi connectivity index (χ0) is 9.68. The molecular weight excluding hydrogens is 168 g/mol. The zero-order valence-corrected chi connectivity index (χ0v) is 7.93. The third-order valence-electron chi connectivity index (χ3n) is 1.50. The molecule has 0 saturated carbocycles. The van der Waals surface area contributed by atoms with E-state index in [0.29, 0.717) is 13.0 Å². The predicted octanol–water partition coefficient (Wildman–Crippen LogP) is 1.22. The first-order valence-corrected chi connectivity index (χ1v) is 4.33. The van der Waals surface area contributed by atoms with E-state index in [2.05, 4.69) is 4.98 Å². The fraction of sp³-hybridized carbons (Fsp3) is 0.556. The van der Waals surface area contributed by atoms with Gasteiger partial charge >= 0.3 is 5.97 Å². The standard InChI is InChI=1S/C9H14N2O2/c1-8(2)13-9(12)3-5-11-6-4-10-7-11/h4,6-8H,3,5H2,1-2H3. The van der Waals surface area contributed by atoms with Gasteiger partial charge in [-0.05, 0) is 13.8 Å². The van der Waals surface area contributed by atoms with E-state index in [-0.39, 0.29) is 12.1 Å². The Balaban J connectivity index is 2.23. The number of hydrogen-bond acceptors (Lipinski definition) is 3. The second-order valence-electron chi connectivity index (χ2n) is 3.09. The van der Waals surface area contributed by atoms with Crippen molar-refractivity contribution in [2.75, 3.05) is 0 Å². The Morgan fingerprint density at radius 1 is 1.62 bits per heavy atom. The minimum atomic E-state index is -0.163. The molecule has 0 saturated heterocycles. The van der Waals surface area contributed by atoms with Gasteiger partial charge in [0.15, 0.2) is 0 Å². The van der Waals surface area contributed by atoms with Gasteiger partial charge in [-0.1, -0.05) is 0 Å². The van der Waals surface area contributed by atoms with Crippen LogP contribution in [-0.2, 0) is 16.1 Å². The van der Waals surface area contributed by atoms with Crippen molar-refractivity contribution in [3.63, 3.8) is 0 Å². The number of esters is 1. The van der Waals surface area contributed by atoms with Gasteiger partial charge in [-0.15, -0.1) is 0 Å². The third-order valence-corrected chi connectivity index (χ3v) is 1.50. The van der Waals surface area contributed by atoms with Crippen molar-refractivity contribution in [1.82, 2.24) is 9.55 Å². The molecule has 0 aromatic carbocycles. The summed E-state index contributed by atoms with van der Waals surface area (Å²) in [6.45, 7) is 4.32. The van der Waals surface area contributed by atoms with Crippen molar-refractivity contribution in [2.24, 2.45) is 0 Å². The molecule has 0 amide bonds. The number of imidazole rings is 1. The molecule has 0 spiro atoms. The van der Waals surface area contributed by atoms with Crippen LogP contribution in [0.25, 0.3) is 0 Å². The average molecular weight is 182 g/mol. The molecule has 0 aliphatic carbocycles. The lowest BCUT2D eigenvalue weighted by Crippen LogP contribution is -2.13. The molecule has 0 aliphatic heterocycles. The van der Waals surface area contributed by atoms with Gasteiger partial charge in [0.2, 0.25) is 0 Å². The number of nitrogens with zero attached hydrogens (tertiary/aromatic N) is 2. The Hall–Kier alpha value is -1.32. The largest absolute Gasteiger partial charge is 0.463 e. The number of carbonyl (C=O) groups is 1. The van der Waals surface area contributed by atoms with Crippen molar-refractivity contribution >= 4 is 5.97 Å². The van der Waals surface area contributed by atoms with Gasteiger partial charge in [-0.2, -0.15) is 0 Å². The first-order valence-electron chi connectivity index (χ1n) is 4.33. The van der Waals surface area contributed by atoms with Crippen molar-refractivity contribution in [3.8, 4) is 0 Å². The van der Waals surface area contributed by atoms with Crippen LogP contribution in [-0.4, -0.2) is 21.6 Å². The van der Waals surface area contributed by atoms with Crippen molar-refractivity contribution < 1.29 is 9.53 Å². The topological polar surface area (TPSA) is 44.1 Å². The Bertz CT molecular complexity index is 255. The summed E-state index contributed by atoms with van der Waals surface area (Å²) in [6.07, 6.45) is 5.56. The first kappa shape index (κ1) is 9.77. The smallest absolute Gasteiger partial charge is 0.307 e. The zero-order valence-electron chi connectivity index (χ0n) is 7.93. The molecule has 13 heavy (non-hydrogen) atoms. The molecule has 4 nitrogen and oxygen atoms in total. The number of rotatable bonds is 4. The second kappa shape index (κ2) is 4.64. The molecule has 0 unspecified atom stereocenters. The van der Waals surface area contributed by atoms with Crippen molar-refractivity contribution in [1.29, 1.82) is 0 Å². The van der Waals surface area contributed by atoms with Gasteiger partial charge in [-0.25, -0.2) is 4.98 Å². The number of aryl methyl sites for hydroxylation is 1. The summed E-state index contributed by atoms with van der Waals surface area (Å²) in [6, 6.07) is 0. The second-order valence-corrected chi connectivity index (χ2v) is 3.09.